The largest absolute Gasteiger partial charge is 0.493 e. The van der Waals surface area contributed by atoms with Crippen LogP contribution in [-0.2, 0) is 0 Å². The Kier molecular flexibility index (Phi) is 5.44. The van der Waals surface area contributed by atoms with E-state index in [1.54, 1.807) is 12.1 Å². The van der Waals surface area contributed by atoms with E-state index in [0.29, 0.717) is 23.1 Å². The Hall–Kier alpha value is -1.06. The van der Waals surface area contributed by atoms with Crippen molar-refractivity contribution < 1.29 is 9.53 Å². The molecule has 0 saturated carbocycles. The molecule has 1 aliphatic heterocycles. The molecule has 2 rings (SSSR count). The predicted molar refractivity (Wildman–Crippen MR) is 81.7 cm³/mol. The van der Waals surface area contributed by atoms with Crippen LogP contribution in [0.3, 0.4) is 0 Å². The van der Waals surface area contributed by atoms with E-state index in [1.165, 1.54) is 0 Å². The molecule has 0 amide bonds. The molecule has 1 aromatic carbocycles. The number of hydrogen-bond acceptors (Lipinski definition) is 3. The highest BCUT2D eigenvalue weighted by molar-refractivity contribution is 6.34. The van der Waals surface area contributed by atoms with Gasteiger partial charge in [0.25, 0.3) is 0 Å². The fourth-order valence-electron chi connectivity index (χ4n) is 2.35. The third-order valence-electron chi connectivity index (χ3n) is 3.50. The number of rotatable bonds is 5. The molecule has 110 valence electrons. The van der Waals surface area contributed by atoms with E-state index in [1.807, 2.05) is 6.07 Å². The summed E-state index contributed by atoms with van der Waals surface area (Å²) in [5.41, 5.74) is 0.621. The first-order valence-electron chi connectivity index (χ1n) is 7.25. The number of Topliss-reactive ketones (excluding diaryl/α,β-unsaturated/α-hetero) is 1. The number of piperidine rings is 1. The van der Waals surface area contributed by atoms with Gasteiger partial charge in [0.05, 0.1) is 11.6 Å². The zero-order chi connectivity index (χ0) is 14.5. The standard InChI is InChI=1S/C16H22ClNO2/c1-11(2)10-20-13-3-4-14(15(17)9-13)16(19)12-5-7-18-8-6-12/h3-4,9,11-12,18H,5-8,10H2,1-2H3. The fourth-order valence-corrected chi connectivity index (χ4v) is 2.62. The maximum atomic E-state index is 12.4. The number of nitrogens with one attached hydrogen (secondary N) is 1. The van der Waals surface area contributed by atoms with Gasteiger partial charge in [0.2, 0.25) is 0 Å². The number of carbonyl (C=O) groups excluding carboxylic acids is 1. The highest BCUT2D eigenvalue weighted by Gasteiger charge is 2.24. The number of ketones is 1. The summed E-state index contributed by atoms with van der Waals surface area (Å²) in [6.45, 7) is 6.65. The maximum Gasteiger partial charge on any atom is 0.167 e. The minimum absolute atomic E-state index is 0.0937. The lowest BCUT2D eigenvalue weighted by atomic mass is 9.89. The van der Waals surface area contributed by atoms with Crippen LogP contribution < -0.4 is 10.1 Å². The zero-order valence-electron chi connectivity index (χ0n) is 12.1. The molecule has 1 saturated heterocycles. The summed E-state index contributed by atoms with van der Waals surface area (Å²) >= 11 is 6.24. The first-order chi connectivity index (χ1) is 9.58. The number of ether oxygens (including phenoxy) is 1. The van der Waals surface area contributed by atoms with Crippen molar-refractivity contribution in [3.63, 3.8) is 0 Å². The molecule has 0 radical (unpaired) electrons. The summed E-state index contributed by atoms with van der Waals surface area (Å²) in [6.07, 6.45) is 1.78. The van der Waals surface area contributed by atoms with Gasteiger partial charge >= 0.3 is 0 Å². The molecule has 0 spiro atoms. The average Bonchev–Trinajstić information content (AvgIpc) is 2.45. The number of halogens is 1. The SMILES string of the molecule is CC(C)COc1ccc(C(=O)C2CCNCC2)c(Cl)c1. The third kappa shape index (κ3) is 3.97. The molecule has 0 bridgehead atoms. The molecule has 0 aromatic heterocycles. The van der Waals surface area contributed by atoms with E-state index in [0.717, 1.165) is 31.7 Å². The number of benzene rings is 1. The number of hydrogen-bond donors (Lipinski definition) is 1. The lowest BCUT2D eigenvalue weighted by Crippen LogP contribution is -2.32. The Morgan fingerprint density at radius 2 is 2.10 bits per heavy atom. The lowest BCUT2D eigenvalue weighted by molar-refractivity contribution is 0.0895. The Bertz CT molecular complexity index is 468. The Balaban J connectivity index is 2.06. The van der Waals surface area contributed by atoms with Crippen LogP contribution in [0.4, 0.5) is 0 Å². The van der Waals surface area contributed by atoms with Gasteiger partial charge in [-0.1, -0.05) is 25.4 Å². The first kappa shape index (κ1) is 15.3. The van der Waals surface area contributed by atoms with Crippen LogP contribution in [0.25, 0.3) is 0 Å². The molecule has 1 aromatic rings. The van der Waals surface area contributed by atoms with Crippen molar-refractivity contribution in [1.29, 1.82) is 0 Å². The number of carbonyl (C=O) groups is 1. The normalized spacial score (nSPS) is 16.4. The molecule has 20 heavy (non-hydrogen) atoms. The van der Waals surface area contributed by atoms with Crippen molar-refractivity contribution in [3.05, 3.63) is 28.8 Å². The summed E-state index contributed by atoms with van der Waals surface area (Å²) < 4.78 is 5.62. The molecular formula is C16H22ClNO2. The van der Waals surface area contributed by atoms with E-state index in [9.17, 15) is 4.79 Å². The maximum absolute atomic E-state index is 12.4. The van der Waals surface area contributed by atoms with Crippen molar-refractivity contribution in [1.82, 2.24) is 5.32 Å². The Morgan fingerprint density at radius 1 is 1.40 bits per heavy atom. The van der Waals surface area contributed by atoms with E-state index in [2.05, 4.69) is 19.2 Å². The fraction of sp³-hybridized carbons (Fsp3) is 0.562. The van der Waals surface area contributed by atoms with Gasteiger partial charge in [-0.2, -0.15) is 0 Å². The van der Waals surface area contributed by atoms with Crippen LogP contribution >= 0.6 is 11.6 Å². The zero-order valence-corrected chi connectivity index (χ0v) is 12.9. The van der Waals surface area contributed by atoms with E-state index in [4.69, 9.17) is 16.3 Å². The van der Waals surface area contributed by atoms with Crippen LogP contribution in [0.15, 0.2) is 18.2 Å². The molecule has 1 fully saturated rings. The summed E-state index contributed by atoms with van der Waals surface area (Å²) in [6, 6.07) is 5.38. The van der Waals surface area contributed by atoms with Crippen molar-refractivity contribution in [2.75, 3.05) is 19.7 Å². The topological polar surface area (TPSA) is 38.3 Å². The van der Waals surface area contributed by atoms with Gasteiger partial charge in [-0.3, -0.25) is 4.79 Å². The van der Waals surface area contributed by atoms with Crippen LogP contribution in [-0.4, -0.2) is 25.5 Å². The van der Waals surface area contributed by atoms with Crippen LogP contribution in [0.5, 0.6) is 5.75 Å². The van der Waals surface area contributed by atoms with Gasteiger partial charge in [0.15, 0.2) is 5.78 Å². The van der Waals surface area contributed by atoms with Crippen molar-refractivity contribution >= 4 is 17.4 Å². The van der Waals surface area contributed by atoms with Gasteiger partial charge < -0.3 is 10.1 Å². The highest BCUT2D eigenvalue weighted by atomic mass is 35.5. The molecule has 0 aliphatic carbocycles. The first-order valence-corrected chi connectivity index (χ1v) is 7.63. The van der Waals surface area contributed by atoms with Gasteiger partial charge in [-0.05, 0) is 50.0 Å². The third-order valence-corrected chi connectivity index (χ3v) is 3.81. The second kappa shape index (κ2) is 7.09. The van der Waals surface area contributed by atoms with E-state index >= 15 is 0 Å². The molecule has 1 aliphatic rings. The van der Waals surface area contributed by atoms with Gasteiger partial charge in [-0.25, -0.2) is 0 Å². The Morgan fingerprint density at radius 3 is 2.70 bits per heavy atom. The molecule has 0 atom stereocenters. The minimum atomic E-state index is 0.0937. The lowest BCUT2D eigenvalue weighted by Gasteiger charge is -2.22. The van der Waals surface area contributed by atoms with E-state index < -0.39 is 0 Å². The predicted octanol–water partition coefficient (Wildman–Crippen LogP) is 3.56. The summed E-state index contributed by atoms with van der Waals surface area (Å²) in [5.74, 6) is 1.44. The quantitative estimate of drug-likeness (QED) is 0.844. The minimum Gasteiger partial charge on any atom is -0.493 e. The second-order valence-electron chi connectivity index (χ2n) is 5.74. The smallest absolute Gasteiger partial charge is 0.167 e. The van der Waals surface area contributed by atoms with Crippen LogP contribution in [0.1, 0.15) is 37.0 Å². The molecule has 1 heterocycles. The molecule has 1 N–H and O–H groups in total. The van der Waals surface area contributed by atoms with Gasteiger partial charge in [0.1, 0.15) is 5.75 Å². The van der Waals surface area contributed by atoms with Crippen molar-refractivity contribution in [2.24, 2.45) is 11.8 Å². The van der Waals surface area contributed by atoms with Crippen molar-refractivity contribution in [2.45, 2.75) is 26.7 Å². The monoisotopic (exact) mass is 295 g/mol. The summed E-state index contributed by atoms with van der Waals surface area (Å²) in [4.78, 5) is 12.4. The van der Waals surface area contributed by atoms with Crippen LogP contribution in [0.2, 0.25) is 5.02 Å². The van der Waals surface area contributed by atoms with E-state index in [-0.39, 0.29) is 11.7 Å². The summed E-state index contributed by atoms with van der Waals surface area (Å²) in [7, 11) is 0. The van der Waals surface area contributed by atoms with Gasteiger partial charge in [0, 0.05) is 11.5 Å². The van der Waals surface area contributed by atoms with Crippen molar-refractivity contribution in [3.8, 4) is 5.75 Å². The second-order valence-corrected chi connectivity index (χ2v) is 6.14. The summed E-state index contributed by atoms with van der Waals surface area (Å²) in [5, 5.41) is 3.76. The molecule has 3 nitrogen and oxygen atoms in total. The Labute approximate surface area is 125 Å². The molecule has 4 heteroatoms. The highest BCUT2D eigenvalue weighted by Crippen LogP contribution is 2.27. The van der Waals surface area contributed by atoms with Gasteiger partial charge in [-0.15, -0.1) is 0 Å². The average molecular weight is 296 g/mol. The molecule has 0 unspecified atom stereocenters. The van der Waals surface area contributed by atoms with Crippen LogP contribution in [0, 0.1) is 11.8 Å². The molecular weight excluding hydrogens is 274 g/mol.